The maximum absolute atomic E-state index is 12.5. The first-order valence-corrected chi connectivity index (χ1v) is 8.64. The summed E-state index contributed by atoms with van der Waals surface area (Å²) in [5, 5.41) is 7.49. The number of hydrogen-bond donors (Lipinski definition) is 1. The number of carbonyl (C=O) groups is 1. The molecule has 3 heterocycles. The number of rotatable bonds is 5. The smallest absolute Gasteiger partial charge is 0.317 e. The zero-order valence-corrected chi connectivity index (χ0v) is 15.0. The van der Waals surface area contributed by atoms with Crippen molar-refractivity contribution in [1.82, 2.24) is 25.0 Å². The summed E-state index contributed by atoms with van der Waals surface area (Å²) in [7, 11) is 0. The maximum atomic E-state index is 12.5. The van der Waals surface area contributed by atoms with E-state index >= 15 is 0 Å². The molecule has 2 atom stereocenters. The molecule has 0 unspecified atom stereocenters. The molecular weight excluding hydrogens is 318 g/mol. The third-order valence-electron chi connectivity index (χ3n) is 4.29. The van der Waals surface area contributed by atoms with Gasteiger partial charge in [0.2, 0.25) is 0 Å². The predicted octanol–water partition coefficient (Wildman–Crippen LogP) is 2.15. The third kappa shape index (κ3) is 4.49. The minimum atomic E-state index is -0.0497. The van der Waals surface area contributed by atoms with E-state index < -0.39 is 0 Å². The number of likely N-dealkylation sites (tertiary alicyclic amines) is 1. The zero-order valence-electron chi connectivity index (χ0n) is 15.0. The van der Waals surface area contributed by atoms with E-state index in [2.05, 4.69) is 15.4 Å². The van der Waals surface area contributed by atoms with Crippen molar-refractivity contribution in [2.75, 3.05) is 13.1 Å². The van der Waals surface area contributed by atoms with Crippen LogP contribution in [0.4, 0.5) is 4.79 Å². The number of urea groups is 1. The molecule has 1 saturated heterocycles. The van der Waals surface area contributed by atoms with Crippen LogP contribution in [0.5, 0.6) is 5.75 Å². The van der Waals surface area contributed by atoms with E-state index in [1.807, 2.05) is 43.7 Å². The lowest BCUT2D eigenvalue weighted by atomic mass is 10.3. The zero-order chi connectivity index (χ0) is 17.8. The van der Waals surface area contributed by atoms with Gasteiger partial charge in [-0.05, 0) is 39.0 Å². The summed E-state index contributed by atoms with van der Waals surface area (Å²) in [6.45, 7) is 7.94. The van der Waals surface area contributed by atoms with Gasteiger partial charge in [0, 0.05) is 30.9 Å². The van der Waals surface area contributed by atoms with Crippen molar-refractivity contribution in [3.05, 3.63) is 42.0 Å². The lowest BCUT2D eigenvalue weighted by Gasteiger charge is -2.21. The van der Waals surface area contributed by atoms with E-state index in [0.29, 0.717) is 19.6 Å². The molecule has 0 aromatic carbocycles. The van der Waals surface area contributed by atoms with Crippen molar-refractivity contribution in [2.45, 2.75) is 45.9 Å². The number of carbonyl (C=O) groups excluding carboxylic acids is 1. The van der Waals surface area contributed by atoms with E-state index in [4.69, 9.17) is 4.74 Å². The Morgan fingerprint density at radius 1 is 1.48 bits per heavy atom. The normalized spacial score (nSPS) is 18.2. The van der Waals surface area contributed by atoms with Gasteiger partial charge in [-0.1, -0.05) is 0 Å². The molecule has 3 rings (SSSR count). The van der Waals surface area contributed by atoms with Gasteiger partial charge in [-0.15, -0.1) is 0 Å². The molecule has 1 N–H and O–H groups in total. The summed E-state index contributed by atoms with van der Waals surface area (Å²) in [4.78, 5) is 18.3. The molecule has 1 aliphatic heterocycles. The average molecular weight is 343 g/mol. The Labute approximate surface area is 148 Å². The third-order valence-corrected chi connectivity index (χ3v) is 4.29. The molecule has 0 aliphatic carbocycles. The van der Waals surface area contributed by atoms with Crippen LogP contribution in [0.3, 0.4) is 0 Å². The van der Waals surface area contributed by atoms with Crippen molar-refractivity contribution in [3.63, 3.8) is 0 Å². The number of aryl methyl sites for hydroxylation is 2. The number of ether oxygens (including phenoxy) is 1. The van der Waals surface area contributed by atoms with E-state index in [9.17, 15) is 4.79 Å². The number of aromatic nitrogens is 3. The van der Waals surface area contributed by atoms with Gasteiger partial charge in [0.15, 0.2) is 0 Å². The second-order valence-electron chi connectivity index (χ2n) is 6.62. The Bertz CT molecular complexity index is 716. The van der Waals surface area contributed by atoms with Crippen molar-refractivity contribution < 1.29 is 9.53 Å². The Hall–Kier alpha value is -2.57. The molecule has 0 radical (unpaired) electrons. The van der Waals surface area contributed by atoms with Crippen molar-refractivity contribution in [1.29, 1.82) is 0 Å². The van der Waals surface area contributed by atoms with E-state index in [1.165, 1.54) is 0 Å². The Kier molecular flexibility index (Phi) is 5.21. The van der Waals surface area contributed by atoms with Crippen LogP contribution in [0, 0.1) is 13.8 Å². The van der Waals surface area contributed by atoms with Crippen LogP contribution < -0.4 is 10.1 Å². The molecular formula is C18H25N5O2. The molecule has 2 amide bonds. The molecule has 2 aromatic rings. The molecule has 2 aromatic heterocycles. The average Bonchev–Trinajstić information content (AvgIpc) is 3.15. The van der Waals surface area contributed by atoms with Gasteiger partial charge in [-0.3, -0.25) is 9.67 Å². The topological polar surface area (TPSA) is 72.3 Å². The van der Waals surface area contributed by atoms with Crippen LogP contribution in [0.1, 0.15) is 24.7 Å². The van der Waals surface area contributed by atoms with Gasteiger partial charge < -0.3 is 15.0 Å². The van der Waals surface area contributed by atoms with Crippen LogP contribution in [0.15, 0.2) is 30.6 Å². The largest absolute Gasteiger partial charge is 0.487 e. The van der Waals surface area contributed by atoms with Gasteiger partial charge in [-0.2, -0.15) is 5.10 Å². The molecule has 0 bridgehead atoms. The van der Waals surface area contributed by atoms with Crippen LogP contribution >= 0.6 is 0 Å². The standard InChI is InChI=1S/C18H25N5O2/c1-13-9-15(3)23(21-13)11-14(2)20-18(24)22-8-6-17(12-22)25-16-5-4-7-19-10-16/h4-5,7,9-10,14,17H,6,8,11-12H2,1-3H3,(H,20,24)/t14-,17-/m0/s1. The van der Waals surface area contributed by atoms with Gasteiger partial charge in [0.1, 0.15) is 11.9 Å². The molecule has 7 heteroatoms. The van der Waals surface area contributed by atoms with Crippen LogP contribution in [-0.2, 0) is 6.54 Å². The second kappa shape index (κ2) is 7.55. The molecule has 7 nitrogen and oxygen atoms in total. The van der Waals surface area contributed by atoms with E-state index in [0.717, 1.165) is 23.6 Å². The van der Waals surface area contributed by atoms with Crippen molar-refractivity contribution >= 4 is 6.03 Å². The fourth-order valence-corrected chi connectivity index (χ4v) is 3.09. The quantitative estimate of drug-likeness (QED) is 0.903. The summed E-state index contributed by atoms with van der Waals surface area (Å²) in [5.41, 5.74) is 2.09. The molecule has 134 valence electrons. The maximum Gasteiger partial charge on any atom is 0.317 e. The summed E-state index contributed by atoms with van der Waals surface area (Å²) in [5.74, 6) is 0.743. The van der Waals surface area contributed by atoms with Crippen molar-refractivity contribution in [2.24, 2.45) is 0 Å². The number of hydrogen-bond acceptors (Lipinski definition) is 4. The highest BCUT2D eigenvalue weighted by Gasteiger charge is 2.28. The molecule has 25 heavy (non-hydrogen) atoms. The highest BCUT2D eigenvalue weighted by molar-refractivity contribution is 5.74. The lowest BCUT2D eigenvalue weighted by molar-refractivity contribution is 0.183. The fraction of sp³-hybridized carbons (Fsp3) is 0.500. The highest BCUT2D eigenvalue weighted by Crippen LogP contribution is 2.17. The minimum absolute atomic E-state index is 0.00351. The number of pyridine rings is 1. The van der Waals surface area contributed by atoms with E-state index in [-0.39, 0.29) is 18.2 Å². The van der Waals surface area contributed by atoms with Crippen LogP contribution in [0.25, 0.3) is 0 Å². The Morgan fingerprint density at radius 2 is 2.32 bits per heavy atom. The first-order valence-electron chi connectivity index (χ1n) is 8.64. The number of nitrogens with zero attached hydrogens (tertiary/aromatic N) is 4. The first-order chi connectivity index (χ1) is 12.0. The Morgan fingerprint density at radius 3 is 3.00 bits per heavy atom. The molecule has 0 saturated carbocycles. The predicted molar refractivity (Wildman–Crippen MR) is 94.5 cm³/mol. The van der Waals surface area contributed by atoms with Crippen molar-refractivity contribution in [3.8, 4) is 5.75 Å². The number of amides is 2. The SMILES string of the molecule is Cc1cc(C)n(C[C@H](C)NC(=O)N2CC[C@H](Oc3cccnc3)C2)n1. The molecule has 0 spiro atoms. The lowest BCUT2D eigenvalue weighted by Crippen LogP contribution is -2.44. The fourth-order valence-electron chi connectivity index (χ4n) is 3.09. The molecule has 1 fully saturated rings. The molecule has 1 aliphatic rings. The van der Waals surface area contributed by atoms with Gasteiger partial charge in [0.25, 0.3) is 0 Å². The highest BCUT2D eigenvalue weighted by atomic mass is 16.5. The first kappa shape index (κ1) is 17.3. The van der Waals surface area contributed by atoms with Crippen LogP contribution in [0.2, 0.25) is 0 Å². The summed E-state index contributed by atoms with van der Waals surface area (Å²) in [6.07, 6.45) is 4.25. The van der Waals surface area contributed by atoms with E-state index in [1.54, 1.807) is 17.3 Å². The second-order valence-corrected chi connectivity index (χ2v) is 6.62. The van der Waals surface area contributed by atoms with Gasteiger partial charge in [0.05, 0.1) is 25.0 Å². The minimum Gasteiger partial charge on any atom is -0.487 e. The summed E-state index contributed by atoms with van der Waals surface area (Å²) >= 11 is 0. The Balaban J connectivity index is 1.47. The van der Waals surface area contributed by atoms with Gasteiger partial charge in [-0.25, -0.2) is 4.79 Å². The van der Waals surface area contributed by atoms with Crippen LogP contribution in [-0.4, -0.2) is 50.9 Å². The number of nitrogens with one attached hydrogen (secondary N) is 1. The van der Waals surface area contributed by atoms with Gasteiger partial charge >= 0.3 is 6.03 Å². The summed E-state index contributed by atoms with van der Waals surface area (Å²) < 4.78 is 7.81. The summed E-state index contributed by atoms with van der Waals surface area (Å²) in [6, 6.07) is 5.71. The monoisotopic (exact) mass is 343 g/mol.